The molecule has 0 heterocycles. The van der Waals surface area contributed by atoms with E-state index in [0.717, 1.165) is 32.5 Å². The van der Waals surface area contributed by atoms with Crippen LogP contribution in [0, 0.1) is 0 Å². The summed E-state index contributed by atoms with van der Waals surface area (Å²) in [6.07, 6.45) is 13.0. The molecule has 0 spiro atoms. The summed E-state index contributed by atoms with van der Waals surface area (Å²) in [6, 6.07) is 0. The molecule has 1 aliphatic carbocycles. The van der Waals surface area contributed by atoms with Gasteiger partial charge >= 0.3 is 0 Å². The van der Waals surface area contributed by atoms with Crippen LogP contribution in [0.15, 0.2) is 36.0 Å². The SMILES string of the molecule is CN(CCCN)CC1=CC=CCC=C1. The van der Waals surface area contributed by atoms with Crippen molar-refractivity contribution in [3.63, 3.8) is 0 Å². The normalized spacial score (nSPS) is 15.8. The number of likely N-dealkylation sites (N-methyl/N-ethyl adjacent to an activating group) is 1. The maximum Gasteiger partial charge on any atom is 0.0230 e. The molecule has 0 aromatic heterocycles. The molecule has 0 radical (unpaired) electrons. The molecular formula is C12H20N2. The second-order valence-corrected chi connectivity index (χ2v) is 3.69. The van der Waals surface area contributed by atoms with Gasteiger partial charge in [0.25, 0.3) is 0 Å². The van der Waals surface area contributed by atoms with Crippen LogP contribution in [0.3, 0.4) is 0 Å². The van der Waals surface area contributed by atoms with E-state index in [1.165, 1.54) is 5.57 Å². The molecule has 0 atom stereocenters. The Balaban J connectivity index is 2.35. The van der Waals surface area contributed by atoms with Gasteiger partial charge in [-0.25, -0.2) is 0 Å². The predicted octanol–water partition coefficient (Wildman–Crippen LogP) is 1.71. The van der Waals surface area contributed by atoms with Crippen LogP contribution in [0.2, 0.25) is 0 Å². The van der Waals surface area contributed by atoms with Crippen LogP contribution >= 0.6 is 0 Å². The second-order valence-electron chi connectivity index (χ2n) is 3.69. The summed E-state index contributed by atoms with van der Waals surface area (Å²) in [5.74, 6) is 0. The van der Waals surface area contributed by atoms with E-state index < -0.39 is 0 Å². The first-order valence-corrected chi connectivity index (χ1v) is 5.24. The number of nitrogens with zero attached hydrogens (tertiary/aromatic N) is 1. The number of rotatable bonds is 5. The van der Waals surface area contributed by atoms with Crippen LogP contribution in [-0.2, 0) is 0 Å². The van der Waals surface area contributed by atoms with Gasteiger partial charge in [-0.1, -0.05) is 30.4 Å². The van der Waals surface area contributed by atoms with Crippen molar-refractivity contribution in [2.24, 2.45) is 5.73 Å². The molecule has 0 fully saturated rings. The molecular weight excluding hydrogens is 172 g/mol. The average molecular weight is 192 g/mol. The number of allylic oxidation sites excluding steroid dienone is 4. The Morgan fingerprint density at radius 2 is 2.29 bits per heavy atom. The van der Waals surface area contributed by atoms with Crippen molar-refractivity contribution in [1.29, 1.82) is 0 Å². The van der Waals surface area contributed by atoms with Gasteiger partial charge < -0.3 is 10.6 Å². The van der Waals surface area contributed by atoms with E-state index in [4.69, 9.17) is 5.73 Å². The van der Waals surface area contributed by atoms with E-state index in [0.29, 0.717) is 0 Å². The lowest BCUT2D eigenvalue weighted by Crippen LogP contribution is -2.23. The lowest BCUT2D eigenvalue weighted by atomic mass is 10.2. The third kappa shape index (κ3) is 4.40. The Morgan fingerprint density at radius 3 is 3.07 bits per heavy atom. The van der Waals surface area contributed by atoms with Gasteiger partial charge in [0, 0.05) is 6.54 Å². The largest absolute Gasteiger partial charge is 0.330 e. The topological polar surface area (TPSA) is 29.3 Å². The predicted molar refractivity (Wildman–Crippen MR) is 62.1 cm³/mol. The monoisotopic (exact) mass is 192 g/mol. The van der Waals surface area contributed by atoms with Crippen LogP contribution in [0.1, 0.15) is 12.8 Å². The summed E-state index contributed by atoms with van der Waals surface area (Å²) >= 11 is 0. The number of nitrogens with two attached hydrogens (primary N) is 1. The summed E-state index contributed by atoms with van der Waals surface area (Å²) in [6.45, 7) is 2.87. The Hall–Kier alpha value is -0.860. The van der Waals surface area contributed by atoms with E-state index >= 15 is 0 Å². The highest BCUT2D eigenvalue weighted by Crippen LogP contribution is 2.05. The minimum absolute atomic E-state index is 0.777. The molecule has 0 aliphatic heterocycles. The molecule has 0 aromatic rings. The summed E-state index contributed by atoms with van der Waals surface area (Å²) in [5, 5.41) is 0. The van der Waals surface area contributed by atoms with Gasteiger partial charge in [-0.3, -0.25) is 0 Å². The smallest absolute Gasteiger partial charge is 0.0230 e. The van der Waals surface area contributed by atoms with Gasteiger partial charge in [0.15, 0.2) is 0 Å². The van der Waals surface area contributed by atoms with Crippen molar-refractivity contribution >= 4 is 0 Å². The fourth-order valence-corrected chi connectivity index (χ4v) is 1.48. The summed E-state index contributed by atoms with van der Waals surface area (Å²) < 4.78 is 0. The van der Waals surface area contributed by atoms with E-state index in [-0.39, 0.29) is 0 Å². The van der Waals surface area contributed by atoms with Crippen molar-refractivity contribution in [3.05, 3.63) is 36.0 Å². The van der Waals surface area contributed by atoms with Gasteiger partial charge in [0.2, 0.25) is 0 Å². The van der Waals surface area contributed by atoms with Crippen LogP contribution in [0.5, 0.6) is 0 Å². The van der Waals surface area contributed by atoms with Gasteiger partial charge in [-0.15, -0.1) is 0 Å². The highest BCUT2D eigenvalue weighted by atomic mass is 15.1. The molecule has 0 aromatic carbocycles. The first-order chi connectivity index (χ1) is 6.83. The number of hydrogen-bond acceptors (Lipinski definition) is 2. The molecule has 0 amide bonds. The zero-order valence-corrected chi connectivity index (χ0v) is 8.95. The molecule has 2 nitrogen and oxygen atoms in total. The van der Waals surface area contributed by atoms with E-state index in [1.807, 2.05) is 0 Å². The lowest BCUT2D eigenvalue weighted by molar-refractivity contribution is 0.361. The summed E-state index contributed by atoms with van der Waals surface area (Å²) in [7, 11) is 2.14. The Labute approximate surface area is 86.8 Å². The second kappa shape index (κ2) is 6.57. The first-order valence-electron chi connectivity index (χ1n) is 5.24. The minimum Gasteiger partial charge on any atom is -0.330 e. The van der Waals surface area contributed by atoms with Gasteiger partial charge in [0.1, 0.15) is 0 Å². The van der Waals surface area contributed by atoms with Gasteiger partial charge in [0.05, 0.1) is 0 Å². The highest BCUT2D eigenvalue weighted by molar-refractivity contribution is 5.28. The zero-order valence-electron chi connectivity index (χ0n) is 8.95. The van der Waals surface area contributed by atoms with Gasteiger partial charge in [-0.05, 0) is 38.6 Å². The zero-order chi connectivity index (χ0) is 10.2. The average Bonchev–Trinajstić information content (AvgIpc) is 2.43. The third-order valence-corrected chi connectivity index (χ3v) is 2.25. The fourth-order valence-electron chi connectivity index (χ4n) is 1.48. The Kier molecular flexibility index (Phi) is 5.27. The van der Waals surface area contributed by atoms with E-state index in [2.05, 4.69) is 42.3 Å². The van der Waals surface area contributed by atoms with E-state index in [1.54, 1.807) is 0 Å². The lowest BCUT2D eigenvalue weighted by Gasteiger charge is -2.16. The van der Waals surface area contributed by atoms with Crippen molar-refractivity contribution in [1.82, 2.24) is 4.90 Å². The Bertz CT molecular complexity index is 239. The molecule has 0 unspecified atom stereocenters. The molecule has 1 aliphatic rings. The summed E-state index contributed by atoms with van der Waals surface area (Å²) in [5.41, 5.74) is 6.84. The molecule has 2 heteroatoms. The van der Waals surface area contributed by atoms with Crippen molar-refractivity contribution in [2.75, 3.05) is 26.7 Å². The molecule has 1 rings (SSSR count). The minimum atomic E-state index is 0.777. The maximum absolute atomic E-state index is 5.47. The fraction of sp³-hybridized carbons (Fsp3) is 0.500. The first kappa shape index (κ1) is 11.2. The standard InChI is InChI=1S/C12H20N2/c1-14(10-6-9-13)11-12-7-4-2-3-5-8-12/h2,4-5,7-8H,3,6,9-11,13H2,1H3. The number of hydrogen-bond donors (Lipinski definition) is 1. The van der Waals surface area contributed by atoms with Crippen molar-refractivity contribution < 1.29 is 0 Å². The van der Waals surface area contributed by atoms with Crippen LogP contribution in [0.25, 0.3) is 0 Å². The maximum atomic E-state index is 5.47. The van der Waals surface area contributed by atoms with Crippen LogP contribution in [-0.4, -0.2) is 31.6 Å². The molecule has 14 heavy (non-hydrogen) atoms. The molecule has 0 bridgehead atoms. The molecule has 0 saturated carbocycles. The van der Waals surface area contributed by atoms with Crippen molar-refractivity contribution in [3.8, 4) is 0 Å². The van der Waals surface area contributed by atoms with Crippen LogP contribution < -0.4 is 5.73 Å². The Morgan fingerprint density at radius 1 is 1.43 bits per heavy atom. The third-order valence-electron chi connectivity index (χ3n) is 2.25. The quantitative estimate of drug-likeness (QED) is 0.718. The molecule has 2 N–H and O–H groups in total. The van der Waals surface area contributed by atoms with Crippen molar-refractivity contribution in [2.45, 2.75) is 12.8 Å². The highest BCUT2D eigenvalue weighted by Gasteiger charge is 1.99. The van der Waals surface area contributed by atoms with E-state index in [9.17, 15) is 0 Å². The van der Waals surface area contributed by atoms with Crippen LogP contribution in [0.4, 0.5) is 0 Å². The molecule has 78 valence electrons. The molecule has 0 saturated heterocycles. The summed E-state index contributed by atoms with van der Waals surface area (Å²) in [4.78, 5) is 2.31. The van der Waals surface area contributed by atoms with Gasteiger partial charge in [-0.2, -0.15) is 0 Å².